The Labute approximate surface area is 145 Å². The van der Waals surface area contributed by atoms with E-state index < -0.39 is 0 Å². The van der Waals surface area contributed by atoms with E-state index in [4.69, 9.17) is 0 Å². The van der Waals surface area contributed by atoms with Crippen LogP contribution >= 0.6 is 11.5 Å². The van der Waals surface area contributed by atoms with E-state index in [1.165, 1.54) is 24.2 Å². The van der Waals surface area contributed by atoms with Crippen molar-refractivity contribution in [2.45, 2.75) is 39.0 Å². The van der Waals surface area contributed by atoms with Crippen LogP contribution in [0, 0.1) is 12.8 Å². The van der Waals surface area contributed by atoms with Crippen molar-refractivity contribution in [3.8, 4) is 0 Å². The van der Waals surface area contributed by atoms with Crippen molar-refractivity contribution in [3.05, 3.63) is 46.5 Å². The molecule has 0 atom stereocenters. The first-order valence-electron chi connectivity index (χ1n) is 8.37. The fourth-order valence-corrected chi connectivity index (χ4v) is 3.78. The summed E-state index contributed by atoms with van der Waals surface area (Å²) in [7, 11) is 0. The molecule has 0 saturated heterocycles. The molecule has 1 aromatic heterocycles. The molecule has 1 saturated carbocycles. The molecular formula is C18H21N3O2S. The lowest BCUT2D eigenvalue weighted by atomic mass is 9.88. The van der Waals surface area contributed by atoms with Crippen molar-refractivity contribution in [2.24, 2.45) is 5.92 Å². The molecule has 1 fully saturated rings. The van der Waals surface area contributed by atoms with Crippen LogP contribution in [0.4, 0.5) is 0 Å². The van der Waals surface area contributed by atoms with Gasteiger partial charge in [0.25, 0.3) is 11.8 Å². The molecule has 1 aromatic carbocycles. The summed E-state index contributed by atoms with van der Waals surface area (Å²) in [5, 5.41) is 3.91. The Balaban J connectivity index is 1.86. The summed E-state index contributed by atoms with van der Waals surface area (Å²) in [5.41, 5.74) is 1.12. The quantitative estimate of drug-likeness (QED) is 0.794. The molecule has 0 radical (unpaired) electrons. The largest absolute Gasteiger partial charge is 0.274 e. The van der Waals surface area contributed by atoms with Crippen molar-refractivity contribution in [1.82, 2.24) is 14.5 Å². The fraction of sp³-hybridized carbons (Fsp3) is 0.444. The van der Waals surface area contributed by atoms with Crippen LogP contribution < -0.4 is 0 Å². The van der Waals surface area contributed by atoms with Gasteiger partial charge >= 0.3 is 0 Å². The topological polar surface area (TPSA) is 63.2 Å². The highest BCUT2D eigenvalue weighted by Crippen LogP contribution is 2.26. The minimum absolute atomic E-state index is 0.237. The molecule has 5 nitrogen and oxygen atoms in total. The molecule has 0 spiro atoms. The molecule has 1 aliphatic rings. The highest BCUT2D eigenvalue weighted by molar-refractivity contribution is 7.08. The van der Waals surface area contributed by atoms with Crippen LogP contribution in [0.3, 0.4) is 0 Å². The van der Waals surface area contributed by atoms with Crippen molar-refractivity contribution in [1.29, 1.82) is 0 Å². The summed E-state index contributed by atoms with van der Waals surface area (Å²) in [6.45, 7) is 2.23. The molecule has 0 aliphatic heterocycles. The molecule has 2 amide bonds. The van der Waals surface area contributed by atoms with Gasteiger partial charge < -0.3 is 0 Å². The van der Waals surface area contributed by atoms with Crippen LogP contribution in [-0.2, 0) is 0 Å². The number of hydrogen-bond donors (Lipinski definition) is 0. The van der Waals surface area contributed by atoms with Crippen LogP contribution in [-0.4, -0.2) is 32.8 Å². The third-order valence-corrected chi connectivity index (χ3v) is 5.34. The number of carbonyl (C=O) groups excluding carboxylic acids is 2. The summed E-state index contributed by atoms with van der Waals surface area (Å²) < 4.78 is 3.84. The Hall–Kier alpha value is -2.08. The van der Waals surface area contributed by atoms with E-state index in [1.807, 2.05) is 18.2 Å². The maximum absolute atomic E-state index is 13.0. The van der Waals surface area contributed by atoms with E-state index in [2.05, 4.69) is 9.59 Å². The SMILES string of the molecule is Cc1nnsc1C(=O)N(CC1CCCCC1)C(=O)c1ccccc1. The maximum atomic E-state index is 13.0. The second-order valence-corrected chi connectivity index (χ2v) is 7.03. The monoisotopic (exact) mass is 343 g/mol. The van der Waals surface area contributed by atoms with Crippen molar-refractivity contribution in [3.63, 3.8) is 0 Å². The van der Waals surface area contributed by atoms with Crippen molar-refractivity contribution >= 4 is 23.3 Å². The lowest BCUT2D eigenvalue weighted by molar-refractivity contribution is 0.0580. The van der Waals surface area contributed by atoms with E-state index >= 15 is 0 Å². The van der Waals surface area contributed by atoms with Gasteiger partial charge in [-0.3, -0.25) is 14.5 Å². The highest BCUT2D eigenvalue weighted by Gasteiger charge is 2.30. The van der Waals surface area contributed by atoms with Gasteiger partial charge in [-0.15, -0.1) is 5.10 Å². The Morgan fingerprint density at radius 1 is 1.12 bits per heavy atom. The van der Waals surface area contributed by atoms with Crippen LogP contribution in [0.1, 0.15) is 57.8 Å². The van der Waals surface area contributed by atoms with Crippen LogP contribution in [0.25, 0.3) is 0 Å². The van der Waals surface area contributed by atoms with Gasteiger partial charge in [0.15, 0.2) is 0 Å². The molecule has 0 unspecified atom stereocenters. The number of nitrogens with zero attached hydrogens (tertiary/aromatic N) is 3. The van der Waals surface area contributed by atoms with Gasteiger partial charge in [0.05, 0.1) is 5.69 Å². The average molecular weight is 343 g/mol. The summed E-state index contributed by atoms with van der Waals surface area (Å²) >= 11 is 1.06. The van der Waals surface area contributed by atoms with Gasteiger partial charge in [-0.25, -0.2) is 0 Å². The third-order valence-electron chi connectivity index (χ3n) is 4.52. The number of aromatic nitrogens is 2. The second kappa shape index (κ2) is 7.66. The van der Waals surface area contributed by atoms with Gasteiger partial charge in [-0.05, 0) is 49.3 Å². The Morgan fingerprint density at radius 2 is 1.83 bits per heavy atom. The van der Waals surface area contributed by atoms with E-state index in [1.54, 1.807) is 19.1 Å². The van der Waals surface area contributed by atoms with Crippen LogP contribution in [0.15, 0.2) is 30.3 Å². The van der Waals surface area contributed by atoms with E-state index in [0.717, 1.165) is 24.4 Å². The summed E-state index contributed by atoms with van der Waals surface area (Å²) in [6.07, 6.45) is 5.74. The normalized spacial score (nSPS) is 15.2. The maximum Gasteiger partial charge on any atom is 0.274 e. The molecule has 0 bridgehead atoms. The number of imide groups is 1. The first-order valence-corrected chi connectivity index (χ1v) is 9.14. The number of hydrogen-bond acceptors (Lipinski definition) is 5. The summed E-state index contributed by atoms with van der Waals surface area (Å²) in [6, 6.07) is 9.00. The predicted octanol–water partition coefficient (Wildman–Crippen LogP) is 3.71. The molecule has 2 aromatic rings. The zero-order valence-electron chi connectivity index (χ0n) is 13.8. The molecule has 6 heteroatoms. The molecule has 24 heavy (non-hydrogen) atoms. The number of carbonyl (C=O) groups is 2. The van der Waals surface area contributed by atoms with Gasteiger partial charge in [-0.1, -0.05) is 41.9 Å². The summed E-state index contributed by atoms with van der Waals surface area (Å²) in [5.74, 6) is -0.127. The molecule has 1 heterocycles. The van der Waals surface area contributed by atoms with Crippen molar-refractivity contribution in [2.75, 3.05) is 6.54 Å². The Morgan fingerprint density at radius 3 is 2.46 bits per heavy atom. The molecule has 3 rings (SSSR count). The average Bonchev–Trinajstić information content (AvgIpc) is 3.06. The van der Waals surface area contributed by atoms with E-state index in [-0.39, 0.29) is 11.8 Å². The fourth-order valence-electron chi connectivity index (χ4n) is 3.17. The molecule has 0 N–H and O–H groups in total. The number of amides is 2. The first-order chi connectivity index (χ1) is 11.7. The smallest absolute Gasteiger partial charge is 0.273 e. The number of aryl methyl sites for hydroxylation is 1. The lowest BCUT2D eigenvalue weighted by Crippen LogP contribution is -2.40. The van der Waals surface area contributed by atoms with Gasteiger partial charge in [0.1, 0.15) is 4.88 Å². The zero-order chi connectivity index (χ0) is 16.9. The minimum atomic E-state index is -0.276. The van der Waals surface area contributed by atoms with Gasteiger partial charge in [0.2, 0.25) is 0 Å². The lowest BCUT2D eigenvalue weighted by Gasteiger charge is -2.28. The Kier molecular flexibility index (Phi) is 5.35. The van der Waals surface area contributed by atoms with E-state index in [9.17, 15) is 9.59 Å². The van der Waals surface area contributed by atoms with Gasteiger partial charge in [-0.2, -0.15) is 0 Å². The molecular weight excluding hydrogens is 322 g/mol. The zero-order valence-corrected chi connectivity index (χ0v) is 14.6. The van der Waals surface area contributed by atoms with Crippen LogP contribution in [0.5, 0.6) is 0 Å². The van der Waals surface area contributed by atoms with Crippen LogP contribution in [0.2, 0.25) is 0 Å². The molecule has 1 aliphatic carbocycles. The Bertz CT molecular complexity index is 708. The van der Waals surface area contributed by atoms with E-state index in [0.29, 0.717) is 28.6 Å². The second-order valence-electron chi connectivity index (χ2n) is 6.28. The number of rotatable bonds is 4. The third kappa shape index (κ3) is 3.70. The molecule has 126 valence electrons. The number of benzene rings is 1. The summed E-state index contributed by atoms with van der Waals surface area (Å²) in [4.78, 5) is 27.7. The standard InChI is InChI=1S/C18H21N3O2S/c1-13-16(24-20-19-13)18(23)21(12-14-8-4-2-5-9-14)17(22)15-10-6-3-7-11-15/h3,6-7,10-11,14H,2,4-5,8-9,12H2,1H3. The minimum Gasteiger partial charge on any atom is -0.273 e. The van der Waals surface area contributed by atoms with Crippen molar-refractivity contribution < 1.29 is 9.59 Å². The first kappa shape index (κ1) is 16.8. The van der Waals surface area contributed by atoms with Gasteiger partial charge in [0, 0.05) is 12.1 Å². The predicted molar refractivity (Wildman–Crippen MR) is 93.0 cm³/mol. The highest BCUT2D eigenvalue weighted by atomic mass is 32.1.